The van der Waals surface area contributed by atoms with Crippen molar-refractivity contribution in [3.05, 3.63) is 35.6 Å². The maximum absolute atomic E-state index is 14.0. The molecule has 1 amide bonds. The maximum Gasteiger partial charge on any atom is 0.237 e. The number of rotatable bonds is 5. The van der Waals surface area contributed by atoms with E-state index in [2.05, 4.69) is 12.2 Å². The molecule has 1 saturated heterocycles. The van der Waals surface area contributed by atoms with Crippen LogP contribution in [0, 0.1) is 17.7 Å². The van der Waals surface area contributed by atoms with Crippen LogP contribution in [0.3, 0.4) is 0 Å². The Morgan fingerprint density at radius 1 is 1.36 bits per heavy atom. The van der Waals surface area contributed by atoms with Crippen molar-refractivity contribution < 1.29 is 9.18 Å². The van der Waals surface area contributed by atoms with Crippen molar-refractivity contribution in [1.82, 2.24) is 10.2 Å². The molecular formula is C17H24ClFN2O. The van der Waals surface area contributed by atoms with Crippen LogP contribution in [-0.4, -0.2) is 30.4 Å². The van der Waals surface area contributed by atoms with Crippen molar-refractivity contribution in [2.24, 2.45) is 11.8 Å². The van der Waals surface area contributed by atoms with Gasteiger partial charge in [0.2, 0.25) is 5.91 Å². The Morgan fingerprint density at radius 2 is 2.09 bits per heavy atom. The van der Waals surface area contributed by atoms with Gasteiger partial charge in [0.15, 0.2) is 0 Å². The molecule has 1 saturated carbocycles. The first-order valence-corrected chi connectivity index (χ1v) is 7.89. The summed E-state index contributed by atoms with van der Waals surface area (Å²) >= 11 is 0. The van der Waals surface area contributed by atoms with E-state index < -0.39 is 0 Å². The number of benzene rings is 1. The lowest BCUT2D eigenvalue weighted by atomic mass is 10.0. The summed E-state index contributed by atoms with van der Waals surface area (Å²) in [6, 6.07) is 6.70. The lowest BCUT2D eigenvalue weighted by molar-refractivity contribution is -0.131. The Hall–Kier alpha value is -1.13. The van der Waals surface area contributed by atoms with Crippen LogP contribution in [0.2, 0.25) is 0 Å². The molecule has 1 aromatic carbocycles. The zero-order chi connectivity index (χ0) is 14.8. The van der Waals surface area contributed by atoms with Gasteiger partial charge in [0.05, 0.1) is 12.6 Å². The third kappa shape index (κ3) is 3.99. The van der Waals surface area contributed by atoms with E-state index >= 15 is 0 Å². The van der Waals surface area contributed by atoms with Gasteiger partial charge >= 0.3 is 0 Å². The molecule has 5 heteroatoms. The van der Waals surface area contributed by atoms with Gasteiger partial charge in [-0.1, -0.05) is 25.1 Å². The van der Waals surface area contributed by atoms with E-state index in [-0.39, 0.29) is 30.2 Å². The molecule has 0 bridgehead atoms. The van der Waals surface area contributed by atoms with E-state index in [4.69, 9.17) is 0 Å². The van der Waals surface area contributed by atoms with Crippen LogP contribution in [0.5, 0.6) is 0 Å². The Morgan fingerprint density at radius 3 is 2.77 bits per heavy atom. The van der Waals surface area contributed by atoms with E-state index in [1.165, 1.54) is 18.9 Å². The topological polar surface area (TPSA) is 32.3 Å². The Labute approximate surface area is 137 Å². The quantitative estimate of drug-likeness (QED) is 0.901. The second-order valence-electron chi connectivity index (χ2n) is 6.50. The zero-order valence-corrected chi connectivity index (χ0v) is 13.7. The molecule has 1 heterocycles. The SMILES string of the molecule is CC1CC(c2ccccc2F)N(C(=O)CNCC2CC2)C1.Cl. The predicted octanol–water partition coefficient (Wildman–Crippen LogP) is 3.16. The Bertz CT molecular complexity index is 521. The van der Waals surface area contributed by atoms with Gasteiger partial charge in [-0.15, -0.1) is 12.4 Å². The average molecular weight is 327 g/mol. The second kappa shape index (κ2) is 7.42. The normalized spacial score (nSPS) is 24.2. The minimum Gasteiger partial charge on any atom is -0.334 e. The molecular weight excluding hydrogens is 303 g/mol. The monoisotopic (exact) mass is 326 g/mol. The summed E-state index contributed by atoms with van der Waals surface area (Å²) in [5, 5.41) is 3.24. The summed E-state index contributed by atoms with van der Waals surface area (Å²) in [6.45, 7) is 4.15. The molecule has 22 heavy (non-hydrogen) atoms. The minimum absolute atomic E-state index is 0. The van der Waals surface area contributed by atoms with Gasteiger partial charge < -0.3 is 10.2 Å². The molecule has 0 aromatic heterocycles. The highest BCUT2D eigenvalue weighted by Crippen LogP contribution is 2.36. The third-order valence-corrected chi connectivity index (χ3v) is 4.50. The number of hydrogen-bond acceptors (Lipinski definition) is 2. The fourth-order valence-corrected chi connectivity index (χ4v) is 3.17. The van der Waals surface area contributed by atoms with Crippen LogP contribution < -0.4 is 5.32 Å². The van der Waals surface area contributed by atoms with Crippen molar-refractivity contribution in [1.29, 1.82) is 0 Å². The molecule has 2 aliphatic rings. The summed E-state index contributed by atoms with van der Waals surface area (Å²) in [6.07, 6.45) is 3.40. The molecule has 2 atom stereocenters. The zero-order valence-electron chi connectivity index (χ0n) is 12.9. The van der Waals surface area contributed by atoms with Crippen molar-refractivity contribution >= 4 is 18.3 Å². The molecule has 3 nitrogen and oxygen atoms in total. The molecule has 2 unspecified atom stereocenters. The second-order valence-corrected chi connectivity index (χ2v) is 6.50. The van der Waals surface area contributed by atoms with Crippen LogP contribution in [0.15, 0.2) is 24.3 Å². The van der Waals surface area contributed by atoms with Crippen LogP contribution >= 0.6 is 12.4 Å². The standard InChI is InChI=1S/C17H23FN2O.ClH/c1-12-8-16(14-4-2-3-5-15(14)18)20(11-12)17(21)10-19-9-13-6-7-13;/h2-5,12-13,16,19H,6-11H2,1H3;1H. The highest BCUT2D eigenvalue weighted by molar-refractivity contribution is 5.85. The summed E-state index contributed by atoms with van der Waals surface area (Å²) in [5.41, 5.74) is 0.650. The molecule has 1 aliphatic heterocycles. The number of hydrogen-bond donors (Lipinski definition) is 1. The van der Waals surface area contributed by atoms with Gasteiger partial charge in [0.25, 0.3) is 0 Å². The van der Waals surface area contributed by atoms with Crippen LogP contribution in [0.25, 0.3) is 0 Å². The number of nitrogens with one attached hydrogen (secondary N) is 1. The van der Waals surface area contributed by atoms with Crippen LogP contribution in [0.4, 0.5) is 4.39 Å². The number of likely N-dealkylation sites (tertiary alicyclic amines) is 1. The molecule has 1 N–H and O–H groups in total. The van der Waals surface area contributed by atoms with E-state index in [9.17, 15) is 9.18 Å². The molecule has 1 aliphatic carbocycles. The van der Waals surface area contributed by atoms with Crippen molar-refractivity contribution in [3.63, 3.8) is 0 Å². The molecule has 3 rings (SSSR count). The smallest absolute Gasteiger partial charge is 0.237 e. The predicted molar refractivity (Wildman–Crippen MR) is 87.5 cm³/mol. The number of halogens is 2. The molecule has 122 valence electrons. The lowest BCUT2D eigenvalue weighted by Gasteiger charge is -2.25. The van der Waals surface area contributed by atoms with Crippen molar-refractivity contribution in [2.75, 3.05) is 19.6 Å². The first-order valence-electron chi connectivity index (χ1n) is 7.89. The third-order valence-electron chi connectivity index (χ3n) is 4.50. The molecule has 0 spiro atoms. The van der Waals surface area contributed by atoms with Crippen molar-refractivity contribution in [2.45, 2.75) is 32.2 Å². The lowest BCUT2D eigenvalue weighted by Crippen LogP contribution is -2.38. The van der Waals surface area contributed by atoms with Gasteiger partial charge in [0.1, 0.15) is 5.82 Å². The summed E-state index contributed by atoms with van der Waals surface area (Å²) in [4.78, 5) is 14.3. The number of carbonyl (C=O) groups is 1. The largest absolute Gasteiger partial charge is 0.334 e. The summed E-state index contributed by atoms with van der Waals surface area (Å²) in [5.74, 6) is 1.06. The number of amides is 1. The fourth-order valence-electron chi connectivity index (χ4n) is 3.17. The molecule has 0 radical (unpaired) electrons. The van der Waals surface area contributed by atoms with Gasteiger partial charge in [-0.25, -0.2) is 4.39 Å². The first-order chi connectivity index (χ1) is 10.1. The van der Waals surface area contributed by atoms with E-state index in [1.807, 2.05) is 11.0 Å². The highest BCUT2D eigenvalue weighted by Gasteiger charge is 2.35. The van der Waals surface area contributed by atoms with E-state index in [0.717, 1.165) is 25.4 Å². The maximum atomic E-state index is 14.0. The van der Waals surface area contributed by atoms with Gasteiger partial charge in [0, 0.05) is 12.1 Å². The number of carbonyl (C=O) groups excluding carboxylic acids is 1. The van der Waals surface area contributed by atoms with Gasteiger partial charge in [-0.05, 0) is 43.7 Å². The van der Waals surface area contributed by atoms with E-state index in [0.29, 0.717) is 18.0 Å². The van der Waals surface area contributed by atoms with Crippen LogP contribution in [-0.2, 0) is 4.79 Å². The minimum atomic E-state index is -0.208. The average Bonchev–Trinajstić information content (AvgIpc) is 3.20. The molecule has 2 fully saturated rings. The highest BCUT2D eigenvalue weighted by atomic mass is 35.5. The fraction of sp³-hybridized carbons (Fsp3) is 0.588. The van der Waals surface area contributed by atoms with Gasteiger partial charge in [-0.2, -0.15) is 0 Å². The van der Waals surface area contributed by atoms with Gasteiger partial charge in [-0.3, -0.25) is 4.79 Å². The molecule has 1 aromatic rings. The Kier molecular flexibility index (Phi) is 5.81. The summed E-state index contributed by atoms with van der Waals surface area (Å²) in [7, 11) is 0. The van der Waals surface area contributed by atoms with E-state index in [1.54, 1.807) is 12.1 Å². The van der Waals surface area contributed by atoms with Crippen LogP contribution in [0.1, 0.15) is 37.8 Å². The summed E-state index contributed by atoms with van der Waals surface area (Å²) < 4.78 is 14.0. The first kappa shape index (κ1) is 17.2. The Balaban J connectivity index is 0.00000176. The number of nitrogens with zero attached hydrogens (tertiary/aromatic N) is 1. The van der Waals surface area contributed by atoms with Crippen molar-refractivity contribution in [3.8, 4) is 0 Å².